The van der Waals surface area contributed by atoms with Crippen LogP contribution in [0.1, 0.15) is 52.9 Å². The number of rotatable bonds is 3. The lowest BCUT2D eigenvalue weighted by Gasteiger charge is -2.38. The molecule has 1 saturated carbocycles. The highest BCUT2D eigenvalue weighted by Gasteiger charge is 2.30. The summed E-state index contributed by atoms with van der Waals surface area (Å²) in [6.45, 7) is 11.9. The summed E-state index contributed by atoms with van der Waals surface area (Å²) in [5, 5.41) is 0. The van der Waals surface area contributed by atoms with Gasteiger partial charge in [-0.25, -0.2) is 0 Å². The lowest BCUT2D eigenvalue weighted by Crippen LogP contribution is -2.51. The minimum atomic E-state index is 0. The molecule has 0 aromatic heterocycles. The van der Waals surface area contributed by atoms with Gasteiger partial charge in [0.05, 0.1) is 0 Å². The molecule has 23 heavy (non-hydrogen) atoms. The number of amides is 1. The van der Waals surface area contributed by atoms with Gasteiger partial charge in [0.25, 0.3) is 0 Å². The Kier molecular flexibility index (Phi) is 10.1. The van der Waals surface area contributed by atoms with E-state index in [-0.39, 0.29) is 36.8 Å². The number of halogens is 2. The predicted molar refractivity (Wildman–Crippen MR) is 102 cm³/mol. The number of hydrogen-bond donors (Lipinski definition) is 1. The summed E-state index contributed by atoms with van der Waals surface area (Å²) in [4.78, 5) is 17.2. The summed E-state index contributed by atoms with van der Waals surface area (Å²) in [7, 11) is 0. The SMILES string of the molecule is CC(C)(C)CCN1CCN(C(=O)C2CCCC(N)C2)CC1.Cl.Cl. The van der Waals surface area contributed by atoms with Crippen molar-refractivity contribution in [3.63, 3.8) is 0 Å². The van der Waals surface area contributed by atoms with Crippen LogP contribution in [0.4, 0.5) is 0 Å². The van der Waals surface area contributed by atoms with Crippen LogP contribution in [0, 0.1) is 11.3 Å². The number of carbonyl (C=O) groups is 1. The maximum atomic E-state index is 12.6. The fourth-order valence-electron chi connectivity index (χ4n) is 3.40. The van der Waals surface area contributed by atoms with Crippen molar-refractivity contribution in [2.24, 2.45) is 17.1 Å². The smallest absolute Gasteiger partial charge is 0.225 e. The molecule has 1 aliphatic carbocycles. The highest BCUT2D eigenvalue weighted by atomic mass is 35.5. The average molecular weight is 368 g/mol. The maximum Gasteiger partial charge on any atom is 0.225 e. The van der Waals surface area contributed by atoms with Gasteiger partial charge in [0.15, 0.2) is 0 Å². The zero-order chi connectivity index (χ0) is 15.5. The largest absolute Gasteiger partial charge is 0.340 e. The number of carbonyl (C=O) groups excluding carboxylic acids is 1. The van der Waals surface area contributed by atoms with Gasteiger partial charge in [0.2, 0.25) is 5.91 Å². The second kappa shape index (κ2) is 10.1. The van der Waals surface area contributed by atoms with Gasteiger partial charge in [-0.2, -0.15) is 0 Å². The summed E-state index contributed by atoms with van der Waals surface area (Å²) in [5.41, 5.74) is 6.41. The Labute approximate surface area is 154 Å². The summed E-state index contributed by atoms with van der Waals surface area (Å²) in [5.74, 6) is 0.551. The van der Waals surface area contributed by atoms with Crippen LogP contribution >= 0.6 is 24.8 Å². The van der Waals surface area contributed by atoms with Crippen molar-refractivity contribution < 1.29 is 4.79 Å². The van der Waals surface area contributed by atoms with Crippen LogP contribution in [0.3, 0.4) is 0 Å². The van der Waals surface area contributed by atoms with Crippen LogP contribution < -0.4 is 5.73 Å². The van der Waals surface area contributed by atoms with E-state index in [0.29, 0.717) is 11.3 Å². The molecule has 1 amide bonds. The zero-order valence-corrected chi connectivity index (χ0v) is 16.6. The number of nitrogens with two attached hydrogens (primary N) is 1. The molecule has 6 heteroatoms. The Bertz CT molecular complexity index is 352. The van der Waals surface area contributed by atoms with E-state index < -0.39 is 0 Å². The van der Waals surface area contributed by atoms with Crippen molar-refractivity contribution in [2.75, 3.05) is 32.7 Å². The third-order valence-corrected chi connectivity index (χ3v) is 4.93. The van der Waals surface area contributed by atoms with Crippen molar-refractivity contribution in [3.8, 4) is 0 Å². The van der Waals surface area contributed by atoms with Crippen LogP contribution in [0.15, 0.2) is 0 Å². The molecule has 1 saturated heterocycles. The van der Waals surface area contributed by atoms with Crippen LogP contribution in [0.25, 0.3) is 0 Å². The molecule has 2 N–H and O–H groups in total. The van der Waals surface area contributed by atoms with E-state index in [1.807, 2.05) is 0 Å². The van der Waals surface area contributed by atoms with Gasteiger partial charge in [0, 0.05) is 38.1 Å². The van der Waals surface area contributed by atoms with E-state index in [2.05, 4.69) is 30.6 Å². The third kappa shape index (κ3) is 7.59. The van der Waals surface area contributed by atoms with E-state index in [9.17, 15) is 4.79 Å². The first kappa shape index (κ1) is 23.0. The van der Waals surface area contributed by atoms with Gasteiger partial charge in [-0.3, -0.25) is 9.69 Å². The van der Waals surface area contributed by atoms with Crippen LogP contribution in [0.2, 0.25) is 0 Å². The Morgan fingerprint density at radius 2 is 1.70 bits per heavy atom. The first-order valence-electron chi connectivity index (χ1n) is 8.62. The van der Waals surface area contributed by atoms with E-state index in [4.69, 9.17) is 5.73 Å². The second-order valence-corrected chi connectivity index (χ2v) is 8.10. The van der Waals surface area contributed by atoms with E-state index in [1.165, 1.54) is 6.42 Å². The van der Waals surface area contributed by atoms with Gasteiger partial charge in [-0.1, -0.05) is 27.2 Å². The Balaban J connectivity index is 0.00000242. The molecule has 1 heterocycles. The maximum absolute atomic E-state index is 12.6. The van der Waals surface area contributed by atoms with Gasteiger partial charge in [0.1, 0.15) is 0 Å². The number of piperazine rings is 1. The van der Waals surface area contributed by atoms with E-state index in [0.717, 1.165) is 58.4 Å². The standard InChI is InChI=1S/C17H33N3O.2ClH/c1-17(2,3)7-8-19-9-11-20(12-10-19)16(21)14-5-4-6-15(18)13-14;;/h14-15H,4-13,18H2,1-3H3;2*1H. The van der Waals surface area contributed by atoms with Gasteiger partial charge in [-0.15, -0.1) is 24.8 Å². The average Bonchev–Trinajstić information content (AvgIpc) is 2.44. The van der Waals surface area contributed by atoms with Crippen molar-refractivity contribution in [1.82, 2.24) is 9.80 Å². The quantitative estimate of drug-likeness (QED) is 0.833. The van der Waals surface area contributed by atoms with E-state index >= 15 is 0 Å². The molecule has 2 unspecified atom stereocenters. The van der Waals surface area contributed by atoms with Gasteiger partial charge >= 0.3 is 0 Å². The molecule has 2 fully saturated rings. The molecule has 0 aromatic rings. The lowest BCUT2D eigenvalue weighted by molar-refractivity contribution is -0.138. The van der Waals surface area contributed by atoms with Crippen LogP contribution in [0.5, 0.6) is 0 Å². The summed E-state index contributed by atoms with van der Waals surface area (Å²) in [6, 6.07) is 0.237. The number of hydrogen-bond acceptors (Lipinski definition) is 3. The molecular formula is C17H35Cl2N3O. The minimum absolute atomic E-state index is 0. The third-order valence-electron chi connectivity index (χ3n) is 4.93. The normalized spacial score (nSPS) is 26.2. The fourth-order valence-corrected chi connectivity index (χ4v) is 3.40. The summed E-state index contributed by atoms with van der Waals surface area (Å²) in [6.07, 6.45) is 5.35. The van der Waals surface area contributed by atoms with Crippen LogP contribution in [-0.4, -0.2) is 54.5 Å². The molecule has 0 aromatic carbocycles. The molecule has 138 valence electrons. The second-order valence-electron chi connectivity index (χ2n) is 8.10. The first-order valence-corrected chi connectivity index (χ1v) is 8.62. The monoisotopic (exact) mass is 367 g/mol. The summed E-state index contributed by atoms with van der Waals surface area (Å²) < 4.78 is 0. The molecule has 2 atom stereocenters. The van der Waals surface area contributed by atoms with E-state index in [1.54, 1.807) is 0 Å². The fraction of sp³-hybridized carbons (Fsp3) is 0.941. The molecule has 2 rings (SSSR count). The molecule has 0 spiro atoms. The topological polar surface area (TPSA) is 49.6 Å². The zero-order valence-electron chi connectivity index (χ0n) is 14.9. The van der Waals surface area contributed by atoms with Crippen molar-refractivity contribution in [2.45, 2.75) is 58.9 Å². The van der Waals surface area contributed by atoms with Crippen molar-refractivity contribution in [1.29, 1.82) is 0 Å². The Hall–Kier alpha value is -0.0300. The molecule has 2 aliphatic rings. The number of nitrogens with zero attached hydrogens (tertiary/aromatic N) is 2. The molecule has 1 aliphatic heterocycles. The predicted octanol–water partition coefficient (Wildman–Crippen LogP) is 2.93. The van der Waals surface area contributed by atoms with Crippen molar-refractivity contribution in [3.05, 3.63) is 0 Å². The minimum Gasteiger partial charge on any atom is -0.340 e. The first-order chi connectivity index (χ1) is 9.85. The Morgan fingerprint density at radius 1 is 1.09 bits per heavy atom. The lowest BCUT2D eigenvalue weighted by atomic mass is 9.85. The molecule has 0 bridgehead atoms. The highest BCUT2D eigenvalue weighted by molar-refractivity contribution is 5.85. The molecule has 4 nitrogen and oxygen atoms in total. The van der Waals surface area contributed by atoms with Crippen LogP contribution in [-0.2, 0) is 4.79 Å². The van der Waals surface area contributed by atoms with Crippen molar-refractivity contribution >= 4 is 30.7 Å². The summed E-state index contributed by atoms with van der Waals surface area (Å²) >= 11 is 0. The highest BCUT2D eigenvalue weighted by Crippen LogP contribution is 2.25. The molecule has 0 radical (unpaired) electrons. The van der Waals surface area contributed by atoms with Gasteiger partial charge < -0.3 is 10.6 Å². The Morgan fingerprint density at radius 3 is 2.22 bits per heavy atom. The molecular weight excluding hydrogens is 333 g/mol. The van der Waals surface area contributed by atoms with Gasteiger partial charge in [-0.05, 0) is 37.6 Å².